The molecular weight excluding hydrogens is 486 g/mol. The lowest BCUT2D eigenvalue weighted by Crippen LogP contribution is -2.29. The lowest BCUT2D eigenvalue weighted by atomic mass is 10.1. The highest BCUT2D eigenvalue weighted by Crippen LogP contribution is 2.33. The Morgan fingerprint density at radius 2 is 1.56 bits per heavy atom. The summed E-state index contributed by atoms with van der Waals surface area (Å²) >= 11 is 0. The molecule has 0 unspecified atom stereocenters. The van der Waals surface area contributed by atoms with Crippen molar-refractivity contribution in [1.82, 2.24) is 10.6 Å². The van der Waals surface area contributed by atoms with Gasteiger partial charge in [-0.25, -0.2) is 13.2 Å². The summed E-state index contributed by atoms with van der Waals surface area (Å²) in [5, 5.41) is 8.26. The molecule has 3 N–H and O–H groups in total. The summed E-state index contributed by atoms with van der Waals surface area (Å²) in [4.78, 5) is 25.3. The monoisotopic (exact) mass is 521 g/mol. The van der Waals surface area contributed by atoms with Gasteiger partial charge in [-0.1, -0.05) is 13.0 Å². The second-order valence-electron chi connectivity index (χ2n) is 7.72. The fraction of sp³-hybridized carbons (Fsp3) is 0.440. The number of hydrogen-bond acceptors (Lipinski definition) is 7. The second kappa shape index (κ2) is 13.6. The SMILES string of the molecule is CCCNC(=O)c1cccc(NC(=O)NCc2cc(OCC)c(S(C)(=O)=O)cc2OCC)c1OCC. The molecule has 2 aromatic rings. The zero-order valence-electron chi connectivity index (χ0n) is 21.4. The minimum Gasteiger partial charge on any atom is -0.493 e. The topological polar surface area (TPSA) is 132 Å². The maximum Gasteiger partial charge on any atom is 0.319 e. The number of anilines is 1. The van der Waals surface area contributed by atoms with Crippen molar-refractivity contribution in [3.8, 4) is 17.2 Å². The van der Waals surface area contributed by atoms with E-state index in [-0.39, 0.29) is 35.5 Å². The summed E-state index contributed by atoms with van der Waals surface area (Å²) in [7, 11) is -3.56. The smallest absolute Gasteiger partial charge is 0.319 e. The molecule has 0 aliphatic rings. The highest BCUT2D eigenvalue weighted by atomic mass is 32.2. The van der Waals surface area contributed by atoms with Crippen molar-refractivity contribution in [2.75, 3.05) is 37.9 Å². The van der Waals surface area contributed by atoms with Crippen molar-refractivity contribution in [2.45, 2.75) is 45.6 Å². The number of rotatable bonds is 13. The normalized spacial score (nSPS) is 10.9. The average Bonchev–Trinajstić information content (AvgIpc) is 2.83. The molecular formula is C25H35N3O7S. The van der Waals surface area contributed by atoms with Crippen molar-refractivity contribution in [1.29, 1.82) is 0 Å². The van der Waals surface area contributed by atoms with Crippen LogP contribution in [0, 0.1) is 0 Å². The molecule has 0 saturated carbocycles. The van der Waals surface area contributed by atoms with Crippen LogP contribution in [0.4, 0.5) is 10.5 Å². The lowest BCUT2D eigenvalue weighted by molar-refractivity contribution is 0.0950. The fourth-order valence-electron chi connectivity index (χ4n) is 3.36. The Morgan fingerprint density at radius 1 is 0.889 bits per heavy atom. The molecule has 0 bridgehead atoms. The average molecular weight is 522 g/mol. The second-order valence-corrected chi connectivity index (χ2v) is 9.71. The Morgan fingerprint density at radius 3 is 2.17 bits per heavy atom. The van der Waals surface area contributed by atoms with Crippen LogP contribution in [0.2, 0.25) is 0 Å². The molecule has 2 aromatic carbocycles. The van der Waals surface area contributed by atoms with E-state index in [4.69, 9.17) is 14.2 Å². The van der Waals surface area contributed by atoms with Gasteiger partial charge in [0.05, 0.1) is 31.1 Å². The first-order valence-electron chi connectivity index (χ1n) is 11.9. The van der Waals surface area contributed by atoms with Crippen LogP contribution in [0.3, 0.4) is 0 Å². The molecule has 198 valence electrons. The van der Waals surface area contributed by atoms with Gasteiger partial charge in [-0.2, -0.15) is 0 Å². The Bertz CT molecular complexity index is 1170. The van der Waals surface area contributed by atoms with Gasteiger partial charge in [0.15, 0.2) is 15.6 Å². The van der Waals surface area contributed by atoms with Crippen molar-refractivity contribution < 1.29 is 32.2 Å². The molecule has 0 saturated heterocycles. The number of ether oxygens (including phenoxy) is 3. The number of carbonyl (C=O) groups excluding carboxylic acids is 2. The Kier molecular flexibility index (Phi) is 10.8. The van der Waals surface area contributed by atoms with E-state index in [1.807, 2.05) is 6.92 Å². The van der Waals surface area contributed by atoms with Crippen molar-refractivity contribution in [2.24, 2.45) is 0 Å². The number of nitrogens with one attached hydrogen (secondary N) is 3. The molecule has 2 rings (SSSR count). The standard InChI is InChI=1S/C25H35N3O7S/c1-6-13-26-24(29)18-11-10-12-19(23(18)35-9-4)28-25(30)27-16-17-14-21(34-8-3)22(36(5,31)32)15-20(17)33-7-2/h10-12,14-15H,6-9,13,16H2,1-5H3,(H,26,29)(H2,27,28,30). The largest absolute Gasteiger partial charge is 0.493 e. The van der Waals surface area contributed by atoms with E-state index in [1.165, 1.54) is 6.07 Å². The number of amides is 3. The highest BCUT2D eigenvalue weighted by Gasteiger charge is 2.21. The van der Waals surface area contributed by atoms with Crippen LogP contribution < -0.4 is 30.2 Å². The summed E-state index contributed by atoms with van der Waals surface area (Å²) < 4.78 is 41.3. The van der Waals surface area contributed by atoms with Gasteiger partial charge in [-0.15, -0.1) is 0 Å². The van der Waals surface area contributed by atoms with Gasteiger partial charge >= 0.3 is 6.03 Å². The Labute approximate surface area is 212 Å². The summed E-state index contributed by atoms with van der Waals surface area (Å²) in [5.74, 6) is 0.492. The van der Waals surface area contributed by atoms with Gasteiger partial charge in [0.2, 0.25) is 0 Å². The number of para-hydroxylation sites is 1. The van der Waals surface area contributed by atoms with Crippen LogP contribution in [0.5, 0.6) is 17.2 Å². The number of hydrogen-bond donors (Lipinski definition) is 3. The Hall–Kier alpha value is -3.47. The third-order valence-corrected chi connectivity index (χ3v) is 6.02. The van der Waals surface area contributed by atoms with Crippen LogP contribution in [0.15, 0.2) is 35.2 Å². The zero-order valence-corrected chi connectivity index (χ0v) is 22.2. The molecule has 36 heavy (non-hydrogen) atoms. The van der Waals surface area contributed by atoms with E-state index in [1.54, 1.807) is 45.0 Å². The van der Waals surface area contributed by atoms with Gasteiger partial charge in [-0.05, 0) is 45.4 Å². The molecule has 0 heterocycles. The van der Waals surface area contributed by atoms with Gasteiger partial charge in [0.25, 0.3) is 5.91 Å². The van der Waals surface area contributed by atoms with E-state index in [0.29, 0.717) is 42.3 Å². The molecule has 0 spiro atoms. The van der Waals surface area contributed by atoms with Gasteiger partial charge in [-0.3, -0.25) is 4.79 Å². The van der Waals surface area contributed by atoms with Crippen molar-refractivity contribution in [3.05, 3.63) is 41.5 Å². The molecule has 0 aliphatic carbocycles. The molecule has 0 fully saturated rings. The van der Waals surface area contributed by atoms with Crippen LogP contribution >= 0.6 is 0 Å². The van der Waals surface area contributed by atoms with E-state index < -0.39 is 15.9 Å². The van der Waals surface area contributed by atoms with E-state index >= 15 is 0 Å². The van der Waals surface area contributed by atoms with Gasteiger partial charge in [0, 0.05) is 31.0 Å². The van der Waals surface area contributed by atoms with Crippen LogP contribution in [0.1, 0.15) is 50.0 Å². The van der Waals surface area contributed by atoms with Crippen LogP contribution in [0.25, 0.3) is 0 Å². The minimum atomic E-state index is -3.56. The number of urea groups is 1. The maximum atomic E-state index is 12.8. The first-order chi connectivity index (χ1) is 17.2. The van der Waals surface area contributed by atoms with Crippen molar-refractivity contribution in [3.63, 3.8) is 0 Å². The van der Waals surface area contributed by atoms with Gasteiger partial charge < -0.3 is 30.2 Å². The molecule has 0 aliphatic heterocycles. The molecule has 0 radical (unpaired) electrons. The quantitative estimate of drug-likeness (QED) is 0.366. The summed E-state index contributed by atoms with van der Waals surface area (Å²) in [5.41, 5.74) is 1.20. The highest BCUT2D eigenvalue weighted by molar-refractivity contribution is 7.90. The van der Waals surface area contributed by atoms with Gasteiger partial charge in [0.1, 0.15) is 16.4 Å². The molecule has 11 heteroatoms. The van der Waals surface area contributed by atoms with E-state index in [9.17, 15) is 18.0 Å². The lowest BCUT2D eigenvalue weighted by Gasteiger charge is -2.18. The number of sulfone groups is 1. The van der Waals surface area contributed by atoms with E-state index in [0.717, 1.165) is 12.7 Å². The third-order valence-electron chi connectivity index (χ3n) is 4.90. The predicted octanol–water partition coefficient (Wildman–Crippen LogP) is 3.75. The predicted molar refractivity (Wildman–Crippen MR) is 138 cm³/mol. The Balaban J connectivity index is 2.27. The number of carbonyl (C=O) groups is 2. The summed E-state index contributed by atoms with van der Waals surface area (Å²) in [6.07, 6.45) is 1.88. The molecule has 0 aromatic heterocycles. The zero-order chi connectivity index (χ0) is 26.7. The fourth-order valence-corrected chi connectivity index (χ4v) is 4.16. The first-order valence-corrected chi connectivity index (χ1v) is 13.8. The molecule has 10 nitrogen and oxygen atoms in total. The molecule has 0 atom stereocenters. The van der Waals surface area contributed by atoms with E-state index in [2.05, 4.69) is 16.0 Å². The summed E-state index contributed by atoms with van der Waals surface area (Å²) in [6, 6.07) is 7.34. The molecule has 3 amide bonds. The maximum absolute atomic E-state index is 12.8. The van der Waals surface area contributed by atoms with Crippen LogP contribution in [-0.2, 0) is 16.4 Å². The van der Waals surface area contributed by atoms with Crippen LogP contribution in [-0.4, -0.2) is 53.0 Å². The summed E-state index contributed by atoms with van der Waals surface area (Å²) in [6.45, 7) is 8.70. The number of benzene rings is 2. The van der Waals surface area contributed by atoms with Crippen molar-refractivity contribution >= 4 is 27.5 Å². The first kappa shape index (κ1) is 28.8. The minimum absolute atomic E-state index is 0.0144. The third kappa shape index (κ3) is 7.77.